The monoisotopic (exact) mass is 414 g/mol. The van der Waals surface area contributed by atoms with Gasteiger partial charge < -0.3 is 9.32 Å². The molecule has 0 aliphatic carbocycles. The van der Waals surface area contributed by atoms with E-state index in [1.54, 1.807) is 6.20 Å². The van der Waals surface area contributed by atoms with Crippen molar-refractivity contribution < 1.29 is 4.42 Å². The fourth-order valence-electron chi connectivity index (χ4n) is 3.52. The lowest BCUT2D eigenvalue weighted by Gasteiger charge is -2.24. The van der Waals surface area contributed by atoms with Crippen LogP contribution in [0.25, 0.3) is 22.4 Å². The van der Waals surface area contributed by atoms with Crippen molar-refractivity contribution in [3.63, 3.8) is 0 Å². The molecule has 6 nitrogen and oxygen atoms in total. The summed E-state index contributed by atoms with van der Waals surface area (Å²) >= 11 is 0. The lowest BCUT2D eigenvalue weighted by Crippen LogP contribution is -2.31. The molecule has 2 heterocycles. The van der Waals surface area contributed by atoms with E-state index in [9.17, 15) is 4.79 Å². The van der Waals surface area contributed by atoms with Crippen LogP contribution in [0, 0.1) is 0 Å². The predicted molar refractivity (Wildman–Crippen MR) is 123 cm³/mol. The van der Waals surface area contributed by atoms with E-state index >= 15 is 0 Å². The highest BCUT2D eigenvalue weighted by atomic mass is 16.4. The summed E-state index contributed by atoms with van der Waals surface area (Å²) in [5.41, 5.74) is 4.88. The Morgan fingerprint density at radius 3 is 2.39 bits per heavy atom. The van der Waals surface area contributed by atoms with E-state index in [1.165, 1.54) is 17.3 Å². The Balaban J connectivity index is 1.56. The van der Waals surface area contributed by atoms with Gasteiger partial charge in [-0.2, -0.15) is 0 Å². The number of hydrogen-bond donors (Lipinski definition) is 0. The number of benzene rings is 2. The number of aromatic nitrogens is 2. The maximum Gasteiger partial charge on any atom is 0.356 e. The first-order valence-corrected chi connectivity index (χ1v) is 10.3. The second kappa shape index (κ2) is 9.64. The molecule has 0 N–H and O–H groups in total. The Morgan fingerprint density at radius 1 is 0.806 bits per heavy atom. The van der Waals surface area contributed by atoms with Gasteiger partial charge in [0.2, 0.25) is 5.71 Å². The standard InChI is InChI=1S/C25H26N4O2/c1-28(2)11-12-29(17-19-7-4-3-5-8-19)18-20-9-6-10-21(13-20)22-14-23-25(27-15-22)31-24(30)16-26-23/h3-10,13-16H,11-12,17-18H2,1-2H3. The molecule has 0 saturated carbocycles. The van der Waals surface area contributed by atoms with Crippen LogP contribution in [0.15, 0.2) is 82.3 Å². The molecule has 0 spiro atoms. The Kier molecular flexibility index (Phi) is 6.50. The fraction of sp³-hybridized carbons (Fsp3) is 0.240. The SMILES string of the molecule is CN(C)CCN(Cc1ccccc1)Cc1cccc(-c2cnc3oc(=O)cnc3c2)c1. The van der Waals surface area contributed by atoms with E-state index in [4.69, 9.17) is 4.42 Å². The van der Waals surface area contributed by atoms with Crippen LogP contribution in [0.4, 0.5) is 0 Å². The minimum atomic E-state index is -0.494. The van der Waals surface area contributed by atoms with Crippen LogP contribution >= 0.6 is 0 Å². The highest BCUT2D eigenvalue weighted by molar-refractivity contribution is 5.76. The van der Waals surface area contributed by atoms with Gasteiger partial charge in [-0.25, -0.2) is 14.8 Å². The first-order valence-electron chi connectivity index (χ1n) is 10.3. The lowest BCUT2D eigenvalue weighted by molar-refractivity contribution is 0.226. The number of rotatable bonds is 8. The van der Waals surface area contributed by atoms with Crippen LogP contribution in [0.5, 0.6) is 0 Å². The first-order chi connectivity index (χ1) is 15.1. The molecule has 4 rings (SSSR count). The van der Waals surface area contributed by atoms with E-state index in [2.05, 4.69) is 88.5 Å². The molecule has 158 valence electrons. The molecule has 2 aromatic heterocycles. The van der Waals surface area contributed by atoms with Crippen molar-refractivity contribution in [2.45, 2.75) is 13.1 Å². The second-order valence-corrected chi connectivity index (χ2v) is 7.93. The van der Waals surface area contributed by atoms with Crippen molar-refractivity contribution in [2.24, 2.45) is 0 Å². The highest BCUT2D eigenvalue weighted by Crippen LogP contribution is 2.23. The highest BCUT2D eigenvalue weighted by Gasteiger charge is 2.10. The number of likely N-dealkylation sites (N-methyl/N-ethyl adjacent to an activating group) is 1. The van der Waals surface area contributed by atoms with Crippen LogP contribution in [0.3, 0.4) is 0 Å². The summed E-state index contributed by atoms with van der Waals surface area (Å²) in [6.07, 6.45) is 2.90. The van der Waals surface area contributed by atoms with Crippen molar-refractivity contribution in [3.05, 3.63) is 94.6 Å². The normalized spacial score (nSPS) is 11.5. The summed E-state index contributed by atoms with van der Waals surface area (Å²) in [6.45, 7) is 3.73. The Bertz CT molecular complexity index is 1200. The molecule has 0 atom stereocenters. The molecular formula is C25H26N4O2. The number of hydrogen-bond acceptors (Lipinski definition) is 6. The number of fused-ring (bicyclic) bond motifs is 1. The fourth-order valence-corrected chi connectivity index (χ4v) is 3.52. The Morgan fingerprint density at radius 2 is 1.58 bits per heavy atom. The van der Waals surface area contributed by atoms with Crippen molar-refractivity contribution in [1.82, 2.24) is 19.8 Å². The molecule has 31 heavy (non-hydrogen) atoms. The summed E-state index contributed by atoms with van der Waals surface area (Å²) in [7, 11) is 4.20. The largest absolute Gasteiger partial charge is 0.401 e. The zero-order valence-electron chi connectivity index (χ0n) is 17.9. The van der Waals surface area contributed by atoms with Gasteiger partial charge in [-0.15, -0.1) is 0 Å². The maximum absolute atomic E-state index is 11.3. The van der Waals surface area contributed by atoms with Gasteiger partial charge >= 0.3 is 5.63 Å². The summed E-state index contributed by atoms with van der Waals surface area (Å²) in [5, 5.41) is 0. The Hall–Kier alpha value is -3.35. The Labute approximate surface area is 181 Å². The molecule has 0 aliphatic heterocycles. The second-order valence-electron chi connectivity index (χ2n) is 7.93. The van der Waals surface area contributed by atoms with E-state index in [1.807, 2.05) is 6.07 Å². The summed E-state index contributed by atoms with van der Waals surface area (Å²) in [5.74, 6) is 0. The molecule has 0 bridgehead atoms. The molecule has 4 aromatic rings. The van der Waals surface area contributed by atoms with Gasteiger partial charge in [0.15, 0.2) is 0 Å². The summed E-state index contributed by atoms with van der Waals surface area (Å²) < 4.78 is 5.09. The predicted octanol–water partition coefficient (Wildman–Crippen LogP) is 3.81. The average molecular weight is 415 g/mol. The van der Waals surface area contributed by atoms with Gasteiger partial charge in [-0.1, -0.05) is 48.5 Å². The van der Waals surface area contributed by atoms with Crippen LogP contribution in [0.1, 0.15) is 11.1 Å². The van der Waals surface area contributed by atoms with E-state index in [-0.39, 0.29) is 5.71 Å². The van der Waals surface area contributed by atoms with Crippen LogP contribution in [0.2, 0.25) is 0 Å². The van der Waals surface area contributed by atoms with Gasteiger partial charge in [0.25, 0.3) is 0 Å². The van der Waals surface area contributed by atoms with E-state index < -0.39 is 5.63 Å². The van der Waals surface area contributed by atoms with Gasteiger partial charge in [-0.3, -0.25) is 4.90 Å². The summed E-state index contributed by atoms with van der Waals surface area (Å²) in [6, 6.07) is 20.9. The smallest absolute Gasteiger partial charge is 0.356 e. The third kappa shape index (κ3) is 5.63. The molecule has 0 amide bonds. The molecule has 2 aromatic carbocycles. The minimum absolute atomic E-state index is 0.255. The third-order valence-electron chi connectivity index (χ3n) is 5.12. The first kappa shape index (κ1) is 20.9. The molecule has 0 saturated heterocycles. The third-order valence-corrected chi connectivity index (χ3v) is 5.12. The zero-order chi connectivity index (χ0) is 21.6. The van der Waals surface area contributed by atoms with Gasteiger partial charge in [0.05, 0.1) is 0 Å². The van der Waals surface area contributed by atoms with Crippen molar-refractivity contribution in [1.29, 1.82) is 0 Å². The van der Waals surface area contributed by atoms with Gasteiger partial charge in [0, 0.05) is 37.9 Å². The van der Waals surface area contributed by atoms with E-state index in [0.29, 0.717) is 5.52 Å². The topological polar surface area (TPSA) is 62.5 Å². The molecule has 0 radical (unpaired) electrons. The van der Waals surface area contributed by atoms with Crippen LogP contribution in [-0.2, 0) is 13.1 Å². The maximum atomic E-state index is 11.3. The van der Waals surface area contributed by atoms with Gasteiger partial charge in [0.1, 0.15) is 11.7 Å². The van der Waals surface area contributed by atoms with E-state index in [0.717, 1.165) is 37.3 Å². The molecule has 6 heteroatoms. The molecule has 0 unspecified atom stereocenters. The van der Waals surface area contributed by atoms with Crippen LogP contribution < -0.4 is 5.63 Å². The summed E-state index contributed by atoms with van der Waals surface area (Å²) in [4.78, 5) is 24.4. The lowest BCUT2D eigenvalue weighted by atomic mass is 10.0. The minimum Gasteiger partial charge on any atom is -0.401 e. The molecule has 0 aliphatic rings. The quantitative estimate of drug-likeness (QED) is 0.437. The van der Waals surface area contributed by atoms with Crippen molar-refractivity contribution in [3.8, 4) is 11.1 Å². The molecule has 0 fully saturated rings. The van der Waals surface area contributed by atoms with Crippen molar-refractivity contribution in [2.75, 3.05) is 27.2 Å². The molecular weight excluding hydrogens is 388 g/mol. The van der Waals surface area contributed by atoms with Gasteiger partial charge in [-0.05, 0) is 42.9 Å². The average Bonchev–Trinajstić information content (AvgIpc) is 2.78. The van der Waals surface area contributed by atoms with Crippen molar-refractivity contribution >= 4 is 11.2 Å². The zero-order valence-corrected chi connectivity index (χ0v) is 17.9. The van der Waals surface area contributed by atoms with Crippen LogP contribution in [-0.4, -0.2) is 47.0 Å². The number of nitrogens with zero attached hydrogens (tertiary/aromatic N) is 4. The number of pyridine rings is 1.